The van der Waals surface area contributed by atoms with Gasteiger partial charge in [0.25, 0.3) is 0 Å². The van der Waals surface area contributed by atoms with Crippen molar-refractivity contribution in [3.8, 4) is 11.5 Å². The van der Waals surface area contributed by atoms with Crippen molar-refractivity contribution in [3.05, 3.63) is 144 Å². The lowest BCUT2D eigenvalue weighted by atomic mass is 9.93. The smallest absolute Gasteiger partial charge is 0.335 e. The molecule has 0 radical (unpaired) electrons. The van der Waals surface area contributed by atoms with E-state index >= 15 is 0 Å². The van der Waals surface area contributed by atoms with E-state index < -0.39 is 11.9 Å². The molecule has 204 valence electrons. The van der Waals surface area contributed by atoms with Crippen LogP contribution in [0.15, 0.2) is 116 Å². The molecule has 0 aliphatic rings. The monoisotopic (exact) mass is 540 g/mol. The summed E-state index contributed by atoms with van der Waals surface area (Å²) < 4.78 is 10.9. The van der Waals surface area contributed by atoms with Crippen molar-refractivity contribution in [1.29, 1.82) is 0 Å². The molecule has 0 spiro atoms. The molecule has 0 saturated carbocycles. The van der Waals surface area contributed by atoms with E-state index in [0.29, 0.717) is 11.5 Å². The molecule has 0 saturated heterocycles. The lowest BCUT2D eigenvalue weighted by Gasteiger charge is -2.13. The van der Waals surface area contributed by atoms with Crippen molar-refractivity contribution < 1.29 is 19.1 Å². The van der Waals surface area contributed by atoms with Gasteiger partial charge in [0.2, 0.25) is 0 Å². The Balaban J connectivity index is 1.29. The zero-order valence-electron chi connectivity index (χ0n) is 23.2. The third-order valence-corrected chi connectivity index (χ3v) is 7.46. The number of rotatable bonds is 10. The average Bonchev–Trinajstić information content (AvgIpc) is 3.00. The minimum Gasteiger partial charge on any atom is -0.423 e. The summed E-state index contributed by atoms with van der Waals surface area (Å²) in [6.07, 6.45) is 5.94. The van der Waals surface area contributed by atoms with E-state index in [0.717, 1.165) is 47.2 Å². The topological polar surface area (TPSA) is 52.6 Å². The second-order valence-electron chi connectivity index (χ2n) is 10.0. The number of hydrogen-bond acceptors (Lipinski definition) is 4. The molecule has 0 aliphatic carbocycles. The van der Waals surface area contributed by atoms with Gasteiger partial charge in [0.15, 0.2) is 0 Å². The fraction of sp³-hybridized carbons (Fsp3) is 0.135. The summed E-state index contributed by atoms with van der Waals surface area (Å²) in [7, 11) is 0. The summed E-state index contributed by atoms with van der Waals surface area (Å²) in [6.45, 7) is 9.16. The van der Waals surface area contributed by atoms with Crippen LogP contribution in [0.4, 0.5) is 0 Å². The van der Waals surface area contributed by atoms with Gasteiger partial charge in [-0.25, -0.2) is 9.59 Å². The standard InChI is InChI=1S/C37H32O4/c1-4-36(38)40-34-22-20-28(30-10-6-8-12-32(30)34)17-15-26-14-16-27(25(3)24-26)18-19-29-21-23-35(41-37(39)5-2)33-13-9-7-11-31(29)33/h4-14,16,20-24H,1-2,15,17-19H2,3H3. The summed E-state index contributed by atoms with van der Waals surface area (Å²) in [5.41, 5.74) is 6.32. The predicted molar refractivity (Wildman–Crippen MR) is 166 cm³/mol. The molecule has 5 aromatic rings. The maximum atomic E-state index is 11.8. The lowest BCUT2D eigenvalue weighted by molar-refractivity contribution is -0.129. The van der Waals surface area contributed by atoms with Crippen LogP contribution in [0.25, 0.3) is 21.5 Å². The first kappa shape index (κ1) is 27.6. The van der Waals surface area contributed by atoms with E-state index in [2.05, 4.69) is 50.4 Å². The van der Waals surface area contributed by atoms with Crippen molar-refractivity contribution in [2.75, 3.05) is 0 Å². The Bertz CT molecular complexity index is 1780. The first-order valence-electron chi connectivity index (χ1n) is 13.7. The Kier molecular flexibility index (Phi) is 8.40. The van der Waals surface area contributed by atoms with Crippen LogP contribution in [-0.2, 0) is 35.3 Å². The minimum atomic E-state index is -0.460. The molecule has 0 heterocycles. The summed E-state index contributed by atoms with van der Waals surface area (Å²) in [6, 6.07) is 30.6. The molecular weight excluding hydrogens is 508 g/mol. The summed E-state index contributed by atoms with van der Waals surface area (Å²) in [5, 5.41) is 4.03. The van der Waals surface area contributed by atoms with Crippen molar-refractivity contribution in [1.82, 2.24) is 0 Å². The molecule has 0 aromatic heterocycles. The van der Waals surface area contributed by atoms with Gasteiger partial charge in [-0.15, -0.1) is 0 Å². The molecule has 5 aromatic carbocycles. The van der Waals surface area contributed by atoms with E-state index in [4.69, 9.17) is 9.47 Å². The van der Waals surface area contributed by atoms with Crippen LogP contribution in [0.1, 0.15) is 27.8 Å². The molecular formula is C37H32O4. The molecule has 0 bridgehead atoms. The zero-order chi connectivity index (χ0) is 28.8. The van der Waals surface area contributed by atoms with Crippen LogP contribution in [0.2, 0.25) is 0 Å². The highest BCUT2D eigenvalue weighted by Gasteiger charge is 2.12. The fourth-order valence-electron chi connectivity index (χ4n) is 5.32. The first-order valence-corrected chi connectivity index (χ1v) is 13.7. The van der Waals surface area contributed by atoms with Crippen LogP contribution in [0, 0.1) is 6.92 Å². The van der Waals surface area contributed by atoms with Crippen LogP contribution >= 0.6 is 0 Å². The van der Waals surface area contributed by atoms with Crippen molar-refractivity contribution in [2.45, 2.75) is 32.6 Å². The van der Waals surface area contributed by atoms with Crippen LogP contribution in [0.5, 0.6) is 11.5 Å². The maximum Gasteiger partial charge on any atom is 0.335 e. The van der Waals surface area contributed by atoms with Gasteiger partial charge in [0.1, 0.15) is 11.5 Å². The Hall–Kier alpha value is -4.96. The van der Waals surface area contributed by atoms with Crippen molar-refractivity contribution in [2.24, 2.45) is 0 Å². The summed E-state index contributed by atoms with van der Waals surface area (Å²) in [4.78, 5) is 23.5. The van der Waals surface area contributed by atoms with Gasteiger partial charge < -0.3 is 9.47 Å². The molecule has 0 fully saturated rings. The molecule has 41 heavy (non-hydrogen) atoms. The van der Waals surface area contributed by atoms with Crippen LogP contribution in [-0.4, -0.2) is 11.9 Å². The molecule has 0 atom stereocenters. The number of ether oxygens (including phenoxy) is 2. The molecule has 0 amide bonds. The van der Waals surface area contributed by atoms with E-state index in [1.54, 1.807) is 0 Å². The number of carbonyl (C=O) groups excluding carboxylic acids is 2. The highest BCUT2D eigenvalue weighted by atomic mass is 16.5. The first-order chi connectivity index (χ1) is 20.0. The van der Waals surface area contributed by atoms with Gasteiger partial charge in [-0.1, -0.05) is 92.0 Å². The largest absolute Gasteiger partial charge is 0.423 e. The number of aryl methyl sites for hydroxylation is 5. The normalized spacial score (nSPS) is 10.9. The third-order valence-electron chi connectivity index (χ3n) is 7.46. The Morgan fingerprint density at radius 3 is 1.51 bits per heavy atom. The quantitative estimate of drug-likeness (QED) is 0.102. The summed E-state index contributed by atoms with van der Waals surface area (Å²) >= 11 is 0. The minimum absolute atomic E-state index is 0.460. The second-order valence-corrected chi connectivity index (χ2v) is 10.0. The SMILES string of the molecule is C=CC(=O)Oc1ccc(CCc2ccc(CCc3ccc(OC(=O)C=C)c4ccccc34)c(C)c2)c2ccccc12. The molecule has 4 nitrogen and oxygen atoms in total. The zero-order valence-corrected chi connectivity index (χ0v) is 23.2. The summed E-state index contributed by atoms with van der Waals surface area (Å²) in [5.74, 6) is 0.181. The second kappa shape index (κ2) is 12.5. The third kappa shape index (κ3) is 6.28. The van der Waals surface area contributed by atoms with Gasteiger partial charge in [-0.3, -0.25) is 0 Å². The van der Waals surface area contributed by atoms with Gasteiger partial charge >= 0.3 is 11.9 Å². The van der Waals surface area contributed by atoms with Crippen molar-refractivity contribution in [3.63, 3.8) is 0 Å². The number of hydrogen-bond donors (Lipinski definition) is 0. The highest BCUT2D eigenvalue weighted by Crippen LogP contribution is 2.31. The van der Waals surface area contributed by atoms with Gasteiger partial charge in [-0.2, -0.15) is 0 Å². The molecule has 5 rings (SSSR count). The van der Waals surface area contributed by atoms with Crippen molar-refractivity contribution >= 4 is 33.5 Å². The number of benzene rings is 5. The Labute approximate surface area is 240 Å². The van der Waals surface area contributed by atoms with E-state index in [-0.39, 0.29) is 0 Å². The Morgan fingerprint density at radius 2 is 1.02 bits per heavy atom. The average molecular weight is 541 g/mol. The fourth-order valence-corrected chi connectivity index (χ4v) is 5.32. The van der Waals surface area contributed by atoms with E-state index in [1.807, 2.05) is 60.7 Å². The Morgan fingerprint density at radius 1 is 0.585 bits per heavy atom. The molecule has 4 heteroatoms. The van der Waals surface area contributed by atoms with Gasteiger partial charge in [-0.05, 0) is 83.3 Å². The molecule has 0 unspecified atom stereocenters. The van der Waals surface area contributed by atoms with Gasteiger partial charge in [0, 0.05) is 22.9 Å². The maximum absolute atomic E-state index is 11.8. The van der Waals surface area contributed by atoms with E-state index in [9.17, 15) is 9.59 Å². The number of esters is 2. The number of fused-ring (bicyclic) bond motifs is 2. The van der Waals surface area contributed by atoms with Crippen LogP contribution < -0.4 is 9.47 Å². The van der Waals surface area contributed by atoms with E-state index in [1.165, 1.54) is 40.0 Å². The van der Waals surface area contributed by atoms with Crippen LogP contribution in [0.3, 0.4) is 0 Å². The molecule has 0 aliphatic heterocycles. The lowest BCUT2D eigenvalue weighted by Crippen LogP contribution is -2.04. The van der Waals surface area contributed by atoms with Gasteiger partial charge in [0.05, 0.1) is 0 Å². The highest BCUT2D eigenvalue weighted by molar-refractivity contribution is 5.95. The number of carbonyl (C=O) groups is 2. The molecule has 0 N–H and O–H groups in total. The predicted octanol–water partition coefficient (Wildman–Crippen LogP) is 8.05.